The van der Waals surface area contributed by atoms with Gasteiger partial charge in [0.2, 0.25) is 10.0 Å². The zero-order valence-electron chi connectivity index (χ0n) is 11.3. The van der Waals surface area contributed by atoms with Gasteiger partial charge in [0, 0.05) is 6.04 Å². The van der Waals surface area contributed by atoms with Crippen LogP contribution in [0.1, 0.15) is 19.3 Å². The fraction of sp³-hybridized carbons (Fsp3) is 0.375. The Morgan fingerprint density at radius 2 is 1.75 bits per heavy atom. The van der Waals surface area contributed by atoms with Crippen LogP contribution in [-0.4, -0.2) is 14.5 Å². The molecule has 3 nitrogen and oxygen atoms in total. The van der Waals surface area contributed by atoms with Crippen LogP contribution in [0.2, 0.25) is 0 Å². The number of benzene rings is 1. The smallest absolute Gasteiger partial charge is 0.207 e. The lowest BCUT2D eigenvalue weighted by Crippen LogP contribution is -2.44. The minimum absolute atomic E-state index is 0.000145. The van der Waals surface area contributed by atoms with Gasteiger partial charge in [-0.1, -0.05) is 48.9 Å². The molecule has 1 saturated carbocycles. The summed E-state index contributed by atoms with van der Waals surface area (Å²) in [7, 11) is -3.42. The van der Waals surface area contributed by atoms with E-state index in [-0.39, 0.29) is 12.0 Å². The van der Waals surface area contributed by atoms with E-state index in [4.69, 9.17) is 0 Å². The Bertz CT molecular complexity index is 619. The molecule has 0 aliphatic heterocycles. The first-order valence-corrected chi connectivity index (χ1v) is 8.57. The zero-order chi connectivity index (χ0) is 14.0. The lowest BCUT2D eigenvalue weighted by molar-refractivity contribution is 0.275. The Morgan fingerprint density at radius 1 is 1.00 bits per heavy atom. The predicted octanol–water partition coefficient (Wildman–Crippen LogP) is 2.88. The Labute approximate surface area is 120 Å². The van der Waals surface area contributed by atoms with Gasteiger partial charge in [0.15, 0.2) is 0 Å². The molecule has 0 spiro atoms. The number of allylic oxidation sites excluding steroid dienone is 3. The molecule has 1 aromatic carbocycles. The van der Waals surface area contributed by atoms with E-state index in [1.165, 1.54) is 0 Å². The third kappa shape index (κ3) is 2.72. The number of sulfonamides is 1. The highest BCUT2D eigenvalue weighted by molar-refractivity contribution is 7.89. The summed E-state index contributed by atoms with van der Waals surface area (Å²) in [6, 6.07) is 8.60. The maximum atomic E-state index is 12.4. The summed E-state index contributed by atoms with van der Waals surface area (Å²) < 4.78 is 27.7. The third-order valence-electron chi connectivity index (χ3n) is 4.17. The SMILES string of the molecule is O=S(=O)(N[C@H]1CCC[C@H]2C=CC=C[C@@H]21)c1ccccc1. The number of hydrogen-bond donors (Lipinski definition) is 1. The van der Waals surface area contributed by atoms with Crippen molar-refractivity contribution in [3.8, 4) is 0 Å². The van der Waals surface area contributed by atoms with Gasteiger partial charge in [0.25, 0.3) is 0 Å². The Morgan fingerprint density at radius 3 is 2.55 bits per heavy atom. The van der Waals surface area contributed by atoms with Crippen molar-refractivity contribution in [1.29, 1.82) is 0 Å². The van der Waals surface area contributed by atoms with Crippen LogP contribution in [0.25, 0.3) is 0 Å². The van der Waals surface area contributed by atoms with Crippen molar-refractivity contribution in [2.75, 3.05) is 0 Å². The molecule has 106 valence electrons. The maximum Gasteiger partial charge on any atom is 0.240 e. The molecular weight excluding hydrogens is 270 g/mol. The molecule has 4 heteroatoms. The second-order valence-electron chi connectivity index (χ2n) is 5.48. The molecule has 1 fully saturated rings. The fourth-order valence-electron chi connectivity index (χ4n) is 3.16. The van der Waals surface area contributed by atoms with Gasteiger partial charge in [-0.05, 0) is 36.8 Å². The van der Waals surface area contributed by atoms with Crippen LogP contribution < -0.4 is 4.72 Å². The zero-order valence-corrected chi connectivity index (χ0v) is 12.1. The van der Waals surface area contributed by atoms with Crippen molar-refractivity contribution >= 4 is 10.0 Å². The molecule has 2 aliphatic carbocycles. The molecule has 1 aromatic rings. The Balaban J connectivity index is 1.80. The second kappa shape index (κ2) is 5.54. The van der Waals surface area contributed by atoms with Crippen LogP contribution in [0.4, 0.5) is 0 Å². The molecule has 0 heterocycles. The summed E-state index contributed by atoms with van der Waals surface area (Å²) >= 11 is 0. The first kappa shape index (κ1) is 13.6. The number of rotatable bonds is 3. The molecule has 20 heavy (non-hydrogen) atoms. The minimum Gasteiger partial charge on any atom is -0.207 e. The average molecular weight is 289 g/mol. The van der Waals surface area contributed by atoms with Gasteiger partial charge in [0.1, 0.15) is 0 Å². The molecule has 0 unspecified atom stereocenters. The molecule has 3 rings (SSSR count). The molecule has 0 amide bonds. The highest BCUT2D eigenvalue weighted by Gasteiger charge is 2.33. The van der Waals surface area contributed by atoms with Gasteiger partial charge in [0.05, 0.1) is 4.90 Å². The maximum absolute atomic E-state index is 12.4. The monoisotopic (exact) mass is 289 g/mol. The van der Waals surface area contributed by atoms with E-state index in [0.717, 1.165) is 19.3 Å². The summed E-state index contributed by atoms with van der Waals surface area (Å²) in [5.41, 5.74) is 0. The van der Waals surface area contributed by atoms with Crippen molar-refractivity contribution in [3.05, 3.63) is 54.6 Å². The van der Waals surface area contributed by atoms with Crippen LogP contribution >= 0.6 is 0 Å². The first-order chi connectivity index (χ1) is 9.67. The lowest BCUT2D eigenvalue weighted by Gasteiger charge is -2.36. The Kier molecular flexibility index (Phi) is 3.76. The van der Waals surface area contributed by atoms with Gasteiger partial charge < -0.3 is 0 Å². The molecule has 0 aromatic heterocycles. The van der Waals surface area contributed by atoms with Gasteiger partial charge in [-0.25, -0.2) is 13.1 Å². The Hall–Kier alpha value is -1.39. The molecule has 0 radical (unpaired) electrons. The summed E-state index contributed by atoms with van der Waals surface area (Å²) in [6.45, 7) is 0. The van der Waals surface area contributed by atoms with Crippen LogP contribution in [0, 0.1) is 11.8 Å². The predicted molar refractivity (Wildman–Crippen MR) is 79.7 cm³/mol. The van der Waals surface area contributed by atoms with E-state index >= 15 is 0 Å². The summed E-state index contributed by atoms with van der Waals surface area (Å²) in [4.78, 5) is 0.345. The van der Waals surface area contributed by atoms with Crippen molar-refractivity contribution in [2.45, 2.75) is 30.2 Å². The summed E-state index contributed by atoms with van der Waals surface area (Å²) in [5.74, 6) is 0.754. The molecule has 0 bridgehead atoms. The first-order valence-electron chi connectivity index (χ1n) is 7.09. The fourth-order valence-corrected chi connectivity index (χ4v) is 4.49. The van der Waals surface area contributed by atoms with E-state index in [1.54, 1.807) is 24.3 Å². The molecule has 3 atom stereocenters. The highest BCUT2D eigenvalue weighted by Crippen LogP contribution is 2.35. The van der Waals surface area contributed by atoms with Crippen molar-refractivity contribution in [2.24, 2.45) is 11.8 Å². The standard InChI is InChI=1S/C16H19NO2S/c18-20(19,14-9-2-1-3-10-14)17-16-12-6-8-13-7-4-5-11-15(13)16/h1-5,7,9-11,13,15-17H,6,8,12H2/t13-,15+,16+/m1/s1. The molecule has 2 aliphatic rings. The van der Waals surface area contributed by atoms with Crippen LogP contribution in [0.15, 0.2) is 59.5 Å². The van der Waals surface area contributed by atoms with Gasteiger partial charge in [-0.15, -0.1) is 0 Å². The van der Waals surface area contributed by atoms with Crippen LogP contribution in [0.3, 0.4) is 0 Å². The molecule has 0 saturated heterocycles. The quantitative estimate of drug-likeness (QED) is 0.930. The second-order valence-corrected chi connectivity index (χ2v) is 7.20. The van der Waals surface area contributed by atoms with Crippen molar-refractivity contribution < 1.29 is 8.42 Å². The molecular formula is C16H19NO2S. The third-order valence-corrected chi connectivity index (χ3v) is 5.68. The lowest BCUT2D eigenvalue weighted by atomic mass is 9.74. The van der Waals surface area contributed by atoms with Crippen LogP contribution in [-0.2, 0) is 10.0 Å². The average Bonchev–Trinajstić information content (AvgIpc) is 2.48. The van der Waals surface area contributed by atoms with E-state index in [0.29, 0.717) is 10.8 Å². The normalized spacial score (nSPS) is 29.1. The van der Waals surface area contributed by atoms with E-state index in [1.807, 2.05) is 12.1 Å². The number of nitrogens with one attached hydrogen (secondary N) is 1. The molecule has 1 N–H and O–H groups in total. The minimum atomic E-state index is -3.42. The van der Waals surface area contributed by atoms with E-state index in [2.05, 4.69) is 23.0 Å². The van der Waals surface area contributed by atoms with Gasteiger partial charge in [-0.3, -0.25) is 0 Å². The highest BCUT2D eigenvalue weighted by atomic mass is 32.2. The van der Waals surface area contributed by atoms with Crippen molar-refractivity contribution in [1.82, 2.24) is 4.72 Å². The van der Waals surface area contributed by atoms with Crippen LogP contribution in [0.5, 0.6) is 0 Å². The largest absolute Gasteiger partial charge is 0.240 e. The summed E-state index contributed by atoms with van der Waals surface area (Å²) in [6.07, 6.45) is 11.6. The summed E-state index contributed by atoms with van der Waals surface area (Å²) in [5, 5.41) is 0. The van der Waals surface area contributed by atoms with Gasteiger partial charge in [-0.2, -0.15) is 0 Å². The van der Waals surface area contributed by atoms with Crippen molar-refractivity contribution in [3.63, 3.8) is 0 Å². The number of hydrogen-bond acceptors (Lipinski definition) is 2. The van der Waals surface area contributed by atoms with Gasteiger partial charge >= 0.3 is 0 Å². The topological polar surface area (TPSA) is 46.2 Å². The van der Waals surface area contributed by atoms with E-state index in [9.17, 15) is 8.42 Å². The van der Waals surface area contributed by atoms with E-state index < -0.39 is 10.0 Å². The number of fused-ring (bicyclic) bond motifs is 1.